The molecule has 0 fully saturated rings. The minimum Gasteiger partial charge on any atom is -0.493 e. The van der Waals surface area contributed by atoms with E-state index < -0.39 is 0 Å². The van der Waals surface area contributed by atoms with Gasteiger partial charge in [-0.3, -0.25) is 4.79 Å². The number of amides is 1. The largest absolute Gasteiger partial charge is 0.493 e. The van der Waals surface area contributed by atoms with Gasteiger partial charge in [0.05, 0.1) is 30.8 Å². The number of para-hydroxylation sites is 1. The lowest BCUT2D eigenvalue weighted by Gasteiger charge is -2.12. The summed E-state index contributed by atoms with van der Waals surface area (Å²) in [5.41, 5.74) is 3.22. The summed E-state index contributed by atoms with van der Waals surface area (Å²) in [5, 5.41) is 2.86. The molecule has 29 heavy (non-hydrogen) atoms. The molecule has 0 spiro atoms. The Morgan fingerprint density at radius 2 is 1.83 bits per heavy atom. The second-order valence-corrected chi connectivity index (χ2v) is 6.32. The highest BCUT2D eigenvalue weighted by Crippen LogP contribution is 2.31. The summed E-state index contributed by atoms with van der Waals surface area (Å²) in [7, 11) is 3.01. The minimum absolute atomic E-state index is 0.303. The fourth-order valence-corrected chi connectivity index (χ4v) is 3.10. The van der Waals surface area contributed by atoms with Crippen LogP contribution in [0, 0.1) is 5.82 Å². The molecule has 3 aromatic carbocycles. The maximum atomic E-state index is 13.1. The number of halogens is 1. The quantitative estimate of drug-likeness (QED) is 0.520. The van der Waals surface area contributed by atoms with E-state index >= 15 is 0 Å². The van der Waals surface area contributed by atoms with Crippen molar-refractivity contribution in [1.29, 1.82) is 0 Å². The van der Waals surface area contributed by atoms with E-state index in [1.54, 1.807) is 48.5 Å². The smallest absolute Gasteiger partial charge is 0.259 e. The molecular weight excluding hydrogens is 373 g/mol. The highest BCUT2D eigenvalue weighted by atomic mass is 19.1. The van der Waals surface area contributed by atoms with Crippen LogP contribution in [0.5, 0.6) is 11.5 Å². The Balaban J connectivity index is 1.62. The van der Waals surface area contributed by atoms with Crippen molar-refractivity contribution in [2.24, 2.45) is 0 Å². The first kappa shape index (κ1) is 18.5. The van der Waals surface area contributed by atoms with E-state index in [4.69, 9.17) is 9.47 Å². The zero-order valence-corrected chi connectivity index (χ0v) is 15.8. The SMILES string of the molecule is COc1cccc(C(=O)Nc2ccc3nc(-c4ccc(F)cc4)[nH]c3c2)c1OC. The molecule has 4 aromatic rings. The summed E-state index contributed by atoms with van der Waals surface area (Å²) in [6.07, 6.45) is 0. The van der Waals surface area contributed by atoms with Gasteiger partial charge >= 0.3 is 0 Å². The van der Waals surface area contributed by atoms with Crippen molar-refractivity contribution in [2.45, 2.75) is 0 Å². The number of hydrogen-bond donors (Lipinski definition) is 2. The Kier molecular flexibility index (Phi) is 4.87. The number of fused-ring (bicyclic) bond motifs is 1. The summed E-state index contributed by atoms with van der Waals surface area (Å²) >= 11 is 0. The van der Waals surface area contributed by atoms with Crippen LogP contribution in [0.25, 0.3) is 22.4 Å². The monoisotopic (exact) mass is 391 g/mol. The first-order chi connectivity index (χ1) is 14.1. The van der Waals surface area contributed by atoms with Gasteiger partial charge in [-0.2, -0.15) is 0 Å². The fourth-order valence-electron chi connectivity index (χ4n) is 3.10. The molecule has 0 saturated carbocycles. The molecule has 1 heterocycles. The third kappa shape index (κ3) is 3.62. The van der Waals surface area contributed by atoms with Crippen LogP contribution >= 0.6 is 0 Å². The fraction of sp³-hybridized carbons (Fsp3) is 0.0909. The van der Waals surface area contributed by atoms with E-state index in [2.05, 4.69) is 15.3 Å². The molecule has 0 unspecified atom stereocenters. The van der Waals surface area contributed by atoms with Crippen molar-refractivity contribution in [1.82, 2.24) is 9.97 Å². The molecule has 2 N–H and O–H groups in total. The molecule has 4 rings (SSSR count). The third-order valence-electron chi connectivity index (χ3n) is 4.50. The number of H-pyrrole nitrogens is 1. The summed E-state index contributed by atoms with van der Waals surface area (Å²) in [6.45, 7) is 0. The molecule has 6 nitrogen and oxygen atoms in total. The van der Waals surface area contributed by atoms with E-state index in [1.807, 2.05) is 0 Å². The van der Waals surface area contributed by atoms with Crippen molar-refractivity contribution in [3.63, 3.8) is 0 Å². The van der Waals surface area contributed by atoms with Gasteiger partial charge in [0.1, 0.15) is 11.6 Å². The lowest BCUT2D eigenvalue weighted by Crippen LogP contribution is -2.13. The number of nitrogens with zero attached hydrogens (tertiary/aromatic N) is 1. The number of rotatable bonds is 5. The minimum atomic E-state index is -0.321. The van der Waals surface area contributed by atoms with Crippen molar-refractivity contribution < 1.29 is 18.7 Å². The Morgan fingerprint density at radius 1 is 1.03 bits per heavy atom. The molecular formula is C22H18FN3O3. The van der Waals surface area contributed by atoms with Gasteiger partial charge in [0, 0.05) is 11.3 Å². The van der Waals surface area contributed by atoms with E-state index in [0.29, 0.717) is 28.6 Å². The van der Waals surface area contributed by atoms with Gasteiger partial charge in [0.25, 0.3) is 5.91 Å². The van der Waals surface area contributed by atoms with Gasteiger partial charge in [-0.25, -0.2) is 9.37 Å². The van der Waals surface area contributed by atoms with E-state index in [-0.39, 0.29) is 11.7 Å². The lowest BCUT2D eigenvalue weighted by atomic mass is 10.1. The van der Waals surface area contributed by atoms with Crippen LogP contribution in [-0.2, 0) is 0 Å². The second kappa shape index (κ2) is 7.63. The first-order valence-electron chi connectivity index (χ1n) is 8.87. The average molecular weight is 391 g/mol. The Hall–Kier alpha value is -3.87. The van der Waals surface area contributed by atoms with E-state index in [9.17, 15) is 9.18 Å². The van der Waals surface area contributed by atoms with Crippen molar-refractivity contribution >= 4 is 22.6 Å². The van der Waals surface area contributed by atoms with Crippen molar-refractivity contribution in [3.05, 3.63) is 72.0 Å². The van der Waals surface area contributed by atoms with Gasteiger partial charge in [-0.05, 0) is 54.6 Å². The van der Waals surface area contributed by atoms with Crippen LogP contribution < -0.4 is 14.8 Å². The van der Waals surface area contributed by atoms with Crippen LogP contribution in [0.15, 0.2) is 60.7 Å². The molecule has 146 valence electrons. The van der Waals surface area contributed by atoms with Crippen molar-refractivity contribution in [3.8, 4) is 22.9 Å². The number of aromatic nitrogens is 2. The van der Waals surface area contributed by atoms with Gasteiger partial charge in [-0.1, -0.05) is 6.07 Å². The molecule has 0 atom stereocenters. The zero-order chi connectivity index (χ0) is 20.4. The number of nitrogens with one attached hydrogen (secondary N) is 2. The van der Waals surface area contributed by atoms with Gasteiger partial charge in [-0.15, -0.1) is 0 Å². The molecule has 1 amide bonds. The second-order valence-electron chi connectivity index (χ2n) is 6.32. The van der Waals surface area contributed by atoms with Gasteiger partial charge in [0.2, 0.25) is 0 Å². The molecule has 0 saturated heterocycles. The van der Waals surface area contributed by atoms with Gasteiger partial charge < -0.3 is 19.8 Å². The first-order valence-corrected chi connectivity index (χ1v) is 8.87. The molecule has 0 bridgehead atoms. The maximum absolute atomic E-state index is 13.1. The van der Waals surface area contributed by atoms with Crippen molar-refractivity contribution in [2.75, 3.05) is 19.5 Å². The number of hydrogen-bond acceptors (Lipinski definition) is 4. The normalized spacial score (nSPS) is 10.7. The summed E-state index contributed by atoms with van der Waals surface area (Å²) < 4.78 is 23.7. The number of carbonyl (C=O) groups excluding carboxylic acids is 1. The third-order valence-corrected chi connectivity index (χ3v) is 4.50. The predicted molar refractivity (Wildman–Crippen MR) is 109 cm³/mol. The van der Waals surface area contributed by atoms with Crippen LogP contribution in [0.2, 0.25) is 0 Å². The topological polar surface area (TPSA) is 76.2 Å². The Labute approximate surface area is 166 Å². The molecule has 0 radical (unpaired) electrons. The maximum Gasteiger partial charge on any atom is 0.259 e. The highest BCUT2D eigenvalue weighted by Gasteiger charge is 2.17. The number of aromatic amines is 1. The average Bonchev–Trinajstić information content (AvgIpc) is 3.16. The Morgan fingerprint density at radius 3 is 2.55 bits per heavy atom. The Bertz CT molecular complexity index is 1190. The molecule has 1 aromatic heterocycles. The standard InChI is InChI=1S/C22H18FN3O3/c1-28-19-5-3-4-16(20(19)29-2)22(27)24-15-10-11-17-18(12-15)26-21(25-17)13-6-8-14(23)9-7-13/h3-12H,1-2H3,(H,24,27)(H,25,26). The summed E-state index contributed by atoms with van der Waals surface area (Å²) in [5.74, 6) is 0.848. The molecule has 0 aliphatic rings. The van der Waals surface area contributed by atoms with E-state index in [0.717, 1.165) is 16.6 Å². The summed E-state index contributed by atoms with van der Waals surface area (Å²) in [4.78, 5) is 20.5. The van der Waals surface area contributed by atoms with Crippen LogP contribution in [-0.4, -0.2) is 30.1 Å². The molecule has 0 aliphatic carbocycles. The predicted octanol–water partition coefficient (Wildman–Crippen LogP) is 4.64. The number of methoxy groups -OCH3 is 2. The molecule has 7 heteroatoms. The number of benzene rings is 3. The van der Waals surface area contributed by atoms with Crippen LogP contribution in [0.3, 0.4) is 0 Å². The highest BCUT2D eigenvalue weighted by molar-refractivity contribution is 6.07. The zero-order valence-electron chi connectivity index (χ0n) is 15.8. The summed E-state index contributed by atoms with van der Waals surface area (Å²) in [6, 6.07) is 16.6. The van der Waals surface area contributed by atoms with E-state index in [1.165, 1.54) is 26.4 Å². The number of imidazole rings is 1. The van der Waals surface area contributed by atoms with Crippen LogP contribution in [0.1, 0.15) is 10.4 Å². The number of ether oxygens (including phenoxy) is 2. The lowest BCUT2D eigenvalue weighted by molar-refractivity contribution is 0.102. The number of carbonyl (C=O) groups is 1. The van der Waals surface area contributed by atoms with Gasteiger partial charge in [0.15, 0.2) is 11.5 Å². The van der Waals surface area contributed by atoms with Crippen LogP contribution in [0.4, 0.5) is 10.1 Å². The number of anilines is 1. The molecule has 0 aliphatic heterocycles.